The van der Waals surface area contributed by atoms with Crippen molar-refractivity contribution in [2.75, 3.05) is 11.1 Å². The maximum Gasteiger partial charge on any atom is 0.239 e. The van der Waals surface area contributed by atoms with Crippen LogP contribution in [-0.2, 0) is 4.79 Å². The van der Waals surface area contributed by atoms with Gasteiger partial charge in [-0.1, -0.05) is 0 Å². The largest absolute Gasteiger partial charge is 0.368 e. The van der Waals surface area contributed by atoms with Crippen LogP contribution in [-0.4, -0.2) is 21.9 Å². The van der Waals surface area contributed by atoms with Crippen molar-refractivity contribution < 1.29 is 4.79 Å². The Bertz CT molecular complexity index is 331. The number of nitrogens with one attached hydrogen (secondary N) is 1. The lowest BCUT2D eigenvalue weighted by Crippen LogP contribution is -2.32. The first-order valence-electron chi connectivity index (χ1n) is 4.16. The van der Waals surface area contributed by atoms with Crippen molar-refractivity contribution >= 4 is 17.7 Å². The van der Waals surface area contributed by atoms with Crippen molar-refractivity contribution in [1.82, 2.24) is 9.97 Å². The van der Waals surface area contributed by atoms with Crippen LogP contribution in [0.2, 0.25) is 0 Å². The number of hydrogen-bond acceptors (Lipinski definition) is 5. The second kappa shape index (κ2) is 3.91. The monoisotopic (exact) mass is 195 g/mol. The SMILES string of the molecule is Cc1cc(NC(C)C(N)=O)nc(N)n1. The lowest BCUT2D eigenvalue weighted by molar-refractivity contribution is -0.118. The molecule has 0 aromatic carbocycles. The lowest BCUT2D eigenvalue weighted by Gasteiger charge is -2.11. The predicted molar refractivity (Wildman–Crippen MR) is 53.5 cm³/mol. The lowest BCUT2D eigenvalue weighted by atomic mass is 10.3. The Balaban J connectivity index is 2.81. The molecule has 1 unspecified atom stereocenters. The quantitative estimate of drug-likeness (QED) is 0.611. The molecule has 6 heteroatoms. The molecule has 0 aliphatic heterocycles. The number of aromatic nitrogens is 2. The first kappa shape index (κ1) is 10.2. The van der Waals surface area contributed by atoms with E-state index in [2.05, 4.69) is 15.3 Å². The van der Waals surface area contributed by atoms with Gasteiger partial charge in [-0.2, -0.15) is 4.98 Å². The molecule has 6 nitrogen and oxygen atoms in total. The number of hydrogen-bond donors (Lipinski definition) is 3. The van der Waals surface area contributed by atoms with Crippen molar-refractivity contribution in [3.8, 4) is 0 Å². The van der Waals surface area contributed by atoms with Crippen LogP contribution in [0, 0.1) is 6.92 Å². The number of anilines is 2. The van der Waals surface area contributed by atoms with Gasteiger partial charge in [0.1, 0.15) is 11.9 Å². The molecule has 0 saturated heterocycles. The minimum atomic E-state index is -0.483. The topological polar surface area (TPSA) is 107 Å². The Morgan fingerprint density at radius 1 is 1.57 bits per heavy atom. The van der Waals surface area contributed by atoms with Crippen molar-refractivity contribution in [2.45, 2.75) is 19.9 Å². The van der Waals surface area contributed by atoms with E-state index in [-0.39, 0.29) is 5.95 Å². The molecule has 0 bridgehead atoms. The summed E-state index contributed by atoms with van der Waals surface area (Å²) in [5.41, 5.74) is 11.2. The van der Waals surface area contributed by atoms with Crippen molar-refractivity contribution in [2.24, 2.45) is 5.73 Å². The maximum atomic E-state index is 10.8. The zero-order valence-corrected chi connectivity index (χ0v) is 8.11. The molecule has 5 N–H and O–H groups in total. The van der Waals surface area contributed by atoms with Gasteiger partial charge in [0, 0.05) is 11.8 Å². The molecule has 0 radical (unpaired) electrons. The van der Waals surface area contributed by atoms with Crippen LogP contribution >= 0.6 is 0 Å². The highest BCUT2D eigenvalue weighted by Crippen LogP contribution is 2.08. The van der Waals surface area contributed by atoms with Crippen molar-refractivity contribution in [3.63, 3.8) is 0 Å². The van der Waals surface area contributed by atoms with Crippen LogP contribution in [0.4, 0.5) is 11.8 Å². The minimum Gasteiger partial charge on any atom is -0.368 e. The van der Waals surface area contributed by atoms with E-state index >= 15 is 0 Å². The highest BCUT2D eigenvalue weighted by Gasteiger charge is 2.09. The van der Waals surface area contributed by atoms with Gasteiger partial charge in [-0.15, -0.1) is 0 Å². The number of aryl methyl sites for hydroxylation is 1. The average Bonchev–Trinajstić information content (AvgIpc) is 2.01. The number of primary amides is 1. The number of carbonyl (C=O) groups excluding carboxylic acids is 1. The Morgan fingerprint density at radius 3 is 2.71 bits per heavy atom. The summed E-state index contributed by atoms with van der Waals surface area (Å²) in [4.78, 5) is 18.6. The maximum absolute atomic E-state index is 10.8. The fourth-order valence-electron chi connectivity index (χ4n) is 0.958. The van der Waals surface area contributed by atoms with Gasteiger partial charge in [0.25, 0.3) is 0 Å². The summed E-state index contributed by atoms with van der Waals surface area (Å²) in [6.07, 6.45) is 0. The molecule has 14 heavy (non-hydrogen) atoms. The third-order valence-corrected chi connectivity index (χ3v) is 1.66. The molecule has 0 fully saturated rings. The second-order valence-electron chi connectivity index (χ2n) is 3.02. The zero-order chi connectivity index (χ0) is 10.7. The summed E-state index contributed by atoms with van der Waals surface area (Å²) in [6, 6.07) is 1.21. The molecule has 1 aromatic heterocycles. The van der Waals surface area contributed by atoms with E-state index in [1.54, 1.807) is 19.9 Å². The van der Waals surface area contributed by atoms with Crippen LogP contribution in [0.3, 0.4) is 0 Å². The van der Waals surface area contributed by atoms with Crippen molar-refractivity contribution in [3.05, 3.63) is 11.8 Å². The molecule has 0 aliphatic carbocycles. The Kier molecular flexibility index (Phi) is 2.85. The number of nitrogens with zero attached hydrogens (tertiary/aromatic N) is 2. The van der Waals surface area contributed by atoms with E-state index in [4.69, 9.17) is 11.5 Å². The van der Waals surface area contributed by atoms with Gasteiger partial charge >= 0.3 is 0 Å². The highest BCUT2D eigenvalue weighted by atomic mass is 16.1. The van der Waals surface area contributed by atoms with E-state index in [1.807, 2.05) is 0 Å². The predicted octanol–water partition coefficient (Wildman–Crippen LogP) is -0.347. The van der Waals surface area contributed by atoms with E-state index < -0.39 is 11.9 Å². The average molecular weight is 195 g/mol. The number of amides is 1. The molecule has 1 amide bonds. The van der Waals surface area contributed by atoms with E-state index in [9.17, 15) is 4.79 Å². The first-order chi connectivity index (χ1) is 6.49. The molecule has 0 aliphatic rings. The molecular formula is C8H13N5O. The summed E-state index contributed by atoms with van der Waals surface area (Å²) < 4.78 is 0. The van der Waals surface area contributed by atoms with Crippen LogP contribution < -0.4 is 16.8 Å². The van der Waals surface area contributed by atoms with Gasteiger partial charge in [0.2, 0.25) is 11.9 Å². The molecule has 76 valence electrons. The second-order valence-corrected chi connectivity index (χ2v) is 3.02. The Labute approximate surface area is 81.7 Å². The molecule has 0 saturated carbocycles. The molecule has 1 aromatic rings. The van der Waals surface area contributed by atoms with Crippen LogP contribution in [0.5, 0.6) is 0 Å². The summed E-state index contributed by atoms with van der Waals surface area (Å²) in [5.74, 6) is 0.227. The van der Waals surface area contributed by atoms with E-state index in [1.165, 1.54) is 0 Å². The Morgan fingerprint density at radius 2 is 2.21 bits per heavy atom. The number of rotatable bonds is 3. The van der Waals surface area contributed by atoms with Gasteiger partial charge in [-0.05, 0) is 13.8 Å². The fourth-order valence-corrected chi connectivity index (χ4v) is 0.958. The minimum absolute atomic E-state index is 0.171. The Hall–Kier alpha value is -1.85. The molecule has 1 rings (SSSR count). The molecule has 0 spiro atoms. The number of nitrogens with two attached hydrogens (primary N) is 2. The van der Waals surface area contributed by atoms with Crippen LogP contribution in [0.25, 0.3) is 0 Å². The zero-order valence-electron chi connectivity index (χ0n) is 8.11. The van der Waals surface area contributed by atoms with Gasteiger partial charge in [-0.3, -0.25) is 4.79 Å². The van der Waals surface area contributed by atoms with E-state index in [0.717, 1.165) is 5.69 Å². The van der Waals surface area contributed by atoms with Gasteiger partial charge in [0.15, 0.2) is 0 Å². The van der Waals surface area contributed by atoms with Gasteiger partial charge in [-0.25, -0.2) is 4.98 Å². The van der Waals surface area contributed by atoms with Crippen LogP contribution in [0.15, 0.2) is 6.07 Å². The molecule has 1 heterocycles. The van der Waals surface area contributed by atoms with E-state index in [0.29, 0.717) is 5.82 Å². The van der Waals surface area contributed by atoms with Gasteiger partial charge < -0.3 is 16.8 Å². The van der Waals surface area contributed by atoms with Crippen LogP contribution in [0.1, 0.15) is 12.6 Å². The molecule has 1 atom stereocenters. The third kappa shape index (κ3) is 2.58. The third-order valence-electron chi connectivity index (χ3n) is 1.66. The first-order valence-corrected chi connectivity index (χ1v) is 4.16. The summed E-state index contributed by atoms with van der Waals surface area (Å²) >= 11 is 0. The number of carbonyl (C=O) groups is 1. The highest BCUT2D eigenvalue weighted by molar-refractivity contribution is 5.82. The standard InChI is InChI=1S/C8H13N5O/c1-4-3-6(13-8(10)11-4)12-5(2)7(9)14/h3,5H,1-2H3,(H2,9,14)(H3,10,11,12,13). The summed E-state index contributed by atoms with van der Waals surface area (Å²) in [5, 5.41) is 2.82. The summed E-state index contributed by atoms with van der Waals surface area (Å²) in [6.45, 7) is 3.44. The number of nitrogen functional groups attached to an aromatic ring is 1. The fraction of sp³-hybridized carbons (Fsp3) is 0.375. The molecular weight excluding hydrogens is 182 g/mol. The summed E-state index contributed by atoms with van der Waals surface area (Å²) in [7, 11) is 0. The van der Waals surface area contributed by atoms with Gasteiger partial charge in [0.05, 0.1) is 0 Å². The normalized spacial score (nSPS) is 12.1. The smallest absolute Gasteiger partial charge is 0.239 e. The van der Waals surface area contributed by atoms with Crippen molar-refractivity contribution in [1.29, 1.82) is 0 Å².